The van der Waals surface area contributed by atoms with Crippen molar-refractivity contribution in [2.45, 2.75) is 38.5 Å². The molecular formula is C14H29N5O2. The number of aromatic nitrogens is 2. The average Bonchev–Trinajstić information content (AvgIpc) is 2.88. The van der Waals surface area contributed by atoms with Crippen LogP contribution in [-0.4, -0.2) is 55.6 Å². The Balaban J connectivity index is 2.86. The molecule has 0 spiro atoms. The van der Waals surface area contributed by atoms with E-state index in [4.69, 9.17) is 15.3 Å². The van der Waals surface area contributed by atoms with E-state index in [2.05, 4.69) is 15.4 Å². The predicted molar refractivity (Wildman–Crippen MR) is 83.1 cm³/mol. The van der Waals surface area contributed by atoms with Crippen molar-refractivity contribution in [3.8, 4) is 5.75 Å². The van der Waals surface area contributed by atoms with Crippen molar-refractivity contribution in [1.82, 2.24) is 20.1 Å². The van der Waals surface area contributed by atoms with Gasteiger partial charge in [0.2, 0.25) is 0 Å². The molecule has 0 radical (unpaired) electrons. The van der Waals surface area contributed by atoms with Crippen LogP contribution in [-0.2, 0) is 11.3 Å². The Morgan fingerprint density at radius 2 is 2.10 bits per heavy atom. The van der Waals surface area contributed by atoms with Crippen LogP contribution in [0, 0.1) is 0 Å². The molecule has 0 saturated carbocycles. The highest BCUT2D eigenvalue weighted by molar-refractivity contribution is 5.28. The summed E-state index contributed by atoms with van der Waals surface area (Å²) in [6.07, 6.45) is 3.71. The molecule has 0 aromatic carbocycles. The fourth-order valence-corrected chi connectivity index (χ4v) is 2.18. The molecule has 3 N–H and O–H groups in total. The lowest BCUT2D eigenvalue weighted by Gasteiger charge is -2.21. The summed E-state index contributed by atoms with van der Waals surface area (Å²) in [7, 11) is 7.46. The Morgan fingerprint density at radius 3 is 2.62 bits per heavy atom. The van der Waals surface area contributed by atoms with E-state index in [1.165, 1.54) is 0 Å². The average molecular weight is 299 g/mol. The minimum absolute atomic E-state index is 0.0118. The third-order valence-electron chi connectivity index (χ3n) is 3.62. The van der Waals surface area contributed by atoms with Gasteiger partial charge in [0, 0.05) is 13.7 Å². The van der Waals surface area contributed by atoms with E-state index in [0.29, 0.717) is 0 Å². The monoisotopic (exact) mass is 299 g/mol. The number of nitrogens with one attached hydrogen (secondary N) is 1. The summed E-state index contributed by atoms with van der Waals surface area (Å²) >= 11 is 0. The zero-order valence-corrected chi connectivity index (χ0v) is 13.8. The summed E-state index contributed by atoms with van der Waals surface area (Å²) in [6, 6.07) is -0.0118. The quantitative estimate of drug-likeness (QED) is 0.491. The second kappa shape index (κ2) is 8.99. The summed E-state index contributed by atoms with van der Waals surface area (Å²) in [4.78, 5) is 2.12. The smallest absolute Gasteiger partial charge is 0.161 e. The first-order chi connectivity index (χ1) is 10.0. The number of hydrogen-bond acceptors (Lipinski definition) is 6. The second-order valence-corrected chi connectivity index (χ2v) is 5.47. The molecule has 0 saturated heterocycles. The van der Waals surface area contributed by atoms with Crippen LogP contribution >= 0.6 is 0 Å². The minimum Gasteiger partial charge on any atom is -0.493 e. The molecule has 0 fully saturated rings. The van der Waals surface area contributed by atoms with Crippen molar-refractivity contribution in [3.63, 3.8) is 0 Å². The maximum atomic E-state index is 5.74. The van der Waals surface area contributed by atoms with Crippen molar-refractivity contribution in [2.75, 3.05) is 34.9 Å². The molecule has 21 heavy (non-hydrogen) atoms. The molecule has 2 unspecified atom stereocenters. The molecule has 0 amide bonds. The molecule has 1 rings (SSSR count). The standard InChI is InChI=1S/C14H29N5O2/c1-11(20-4)6-7-12(17-15)14-13(21-5)10-16-19(14)9-8-18(2)3/h10-12,17H,6-9,15H2,1-5H3. The van der Waals surface area contributed by atoms with Gasteiger partial charge < -0.3 is 14.4 Å². The first kappa shape index (κ1) is 17.9. The van der Waals surface area contributed by atoms with Gasteiger partial charge in [-0.3, -0.25) is 16.0 Å². The van der Waals surface area contributed by atoms with Gasteiger partial charge in [-0.2, -0.15) is 5.10 Å². The van der Waals surface area contributed by atoms with Gasteiger partial charge in [-0.25, -0.2) is 0 Å². The lowest BCUT2D eigenvalue weighted by molar-refractivity contribution is 0.105. The van der Waals surface area contributed by atoms with Gasteiger partial charge in [0.05, 0.1) is 37.7 Å². The van der Waals surface area contributed by atoms with Crippen LogP contribution in [0.4, 0.5) is 0 Å². The SMILES string of the molecule is COc1cnn(CCN(C)C)c1C(CCC(C)OC)NN. The van der Waals surface area contributed by atoms with E-state index >= 15 is 0 Å². The van der Waals surface area contributed by atoms with Crippen molar-refractivity contribution >= 4 is 0 Å². The first-order valence-electron chi connectivity index (χ1n) is 7.26. The topological polar surface area (TPSA) is 77.6 Å². The molecule has 1 heterocycles. The Labute approximate surface area is 127 Å². The van der Waals surface area contributed by atoms with Crippen LogP contribution in [0.3, 0.4) is 0 Å². The Bertz CT molecular complexity index is 408. The highest BCUT2D eigenvalue weighted by Crippen LogP contribution is 2.28. The van der Waals surface area contributed by atoms with Gasteiger partial charge in [0.1, 0.15) is 0 Å². The Kier molecular flexibility index (Phi) is 7.66. The molecule has 1 aromatic rings. The number of methoxy groups -OCH3 is 2. The predicted octanol–water partition coefficient (Wildman–Crippen LogP) is 0.773. The number of rotatable bonds is 10. The Morgan fingerprint density at radius 1 is 1.38 bits per heavy atom. The molecule has 7 nitrogen and oxygen atoms in total. The van der Waals surface area contributed by atoms with Crippen LogP contribution in [0.2, 0.25) is 0 Å². The zero-order valence-electron chi connectivity index (χ0n) is 13.8. The van der Waals surface area contributed by atoms with Crippen molar-refractivity contribution in [1.29, 1.82) is 0 Å². The van der Waals surface area contributed by atoms with Gasteiger partial charge in [-0.1, -0.05) is 0 Å². The fourth-order valence-electron chi connectivity index (χ4n) is 2.18. The highest BCUT2D eigenvalue weighted by Gasteiger charge is 2.21. The summed E-state index contributed by atoms with van der Waals surface area (Å²) < 4.78 is 12.7. The van der Waals surface area contributed by atoms with Crippen molar-refractivity contribution in [3.05, 3.63) is 11.9 Å². The third-order valence-corrected chi connectivity index (χ3v) is 3.62. The maximum absolute atomic E-state index is 5.74. The number of nitrogens with zero attached hydrogens (tertiary/aromatic N) is 3. The van der Waals surface area contributed by atoms with Crippen LogP contribution in [0.5, 0.6) is 5.75 Å². The van der Waals surface area contributed by atoms with Gasteiger partial charge in [-0.15, -0.1) is 0 Å². The molecule has 0 aliphatic rings. The third kappa shape index (κ3) is 5.28. The lowest BCUT2D eigenvalue weighted by Crippen LogP contribution is -2.32. The number of ether oxygens (including phenoxy) is 2. The second-order valence-electron chi connectivity index (χ2n) is 5.47. The van der Waals surface area contributed by atoms with Crippen LogP contribution in [0.1, 0.15) is 31.5 Å². The molecule has 0 aliphatic carbocycles. The number of nitrogens with two attached hydrogens (primary N) is 1. The Hall–Kier alpha value is -1.15. The molecule has 1 aromatic heterocycles. The van der Waals surface area contributed by atoms with Crippen LogP contribution < -0.4 is 16.0 Å². The summed E-state index contributed by atoms with van der Waals surface area (Å²) in [5, 5.41) is 4.41. The molecule has 7 heteroatoms. The molecule has 2 atom stereocenters. The largest absolute Gasteiger partial charge is 0.493 e. The highest BCUT2D eigenvalue weighted by atomic mass is 16.5. The minimum atomic E-state index is -0.0118. The van der Waals surface area contributed by atoms with E-state index in [9.17, 15) is 0 Å². The summed E-state index contributed by atoms with van der Waals surface area (Å²) in [5.74, 6) is 6.51. The normalized spacial score (nSPS) is 14.4. The lowest BCUT2D eigenvalue weighted by atomic mass is 10.1. The van der Waals surface area contributed by atoms with Gasteiger partial charge in [0.15, 0.2) is 5.75 Å². The van der Waals surface area contributed by atoms with Crippen molar-refractivity contribution < 1.29 is 9.47 Å². The summed E-state index contributed by atoms with van der Waals surface area (Å²) in [6.45, 7) is 3.75. The van der Waals surface area contributed by atoms with Gasteiger partial charge in [0.25, 0.3) is 0 Å². The van der Waals surface area contributed by atoms with Crippen molar-refractivity contribution in [2.24, 2.45) is 5.84 Å². The number of hydrogen-bond donors (Lipinski definition) is 2. The molecular weight excluding hydrogens is 270 g/mol. The fraction of sp³-hybridized carbons (Fsp3) is 0.786. The van der Waals surface area contributed by atoms with E-state index in [-0.39, 0.29) is 12.1 Å². The van der Waals surface area contributed by atoms with Crippen LogP contribution in [0.25, 0.3) is 0 Å². The van der Waals surface area contributed by atoms with E-state index in [0.717, 1.165) is 37.4 Å². The zero-order chi connectivity index (χ0) is 15.8. The number of hydrazine groups is 1. The summed E-state index contributed by atoms with van der Waals surface area (Å²) in [5.41, 5.74) is 3.87. The maximum Gasteiger partial charge on any atom is 0.161 e. The number of likely N-dealkylation sites (N-methyl/N-ethyl adjacent to an activating group) is 1. The molecule has 122 valence electrons. The van der Waals surface area contributed by atoms with Gasteiger partial charge >= 0.3 is 0 Å². The van der Waals surface area contributed by atoms with E-state index < -0.39 is 0 Å². The first-order valence-corrected chi connectivity index (χ1v) is 7.26. The molecule has 0 bridgehead atoms. The van der Waals surface area contributed by atoms with Crippen LogP contribution in [0.15, 0.2) is 6.20 Å². The van der Waals surface area contributed by atoms with Gasteiger partial charge in [-0.05, 0) is 33.9 Å². The van der Waals surface area contributed by atoms with E-state index in [1.54, 1.807) is 20.4 Å². The molecule has 0 aliphatic heterocycles. The van der Waals surface area contributed by atoms with E-state index in [1.807, 2.05) is 25.7 Å².